The van der Waals surface area contributed by atoms with Gasteiger partial charge in [-0.15, -0.1) is 0 Å². The van der Waals surface area contributed by atoms with Gasteiger partial charge in [0.25, 0.3) is 0 Å². The molecular weight excluding hydrogens is 264 g/mol. The number of sulfone groups is 1. The number of nitrogen functional groups attached to an aromatic ring is 1. The van der Waals surface area contributed by atoms with Gasteiger partial charge in [0.2, 0.25) is 5.95 Å². The molecule has 1 aromatic carbocycles. The molecular formula is C12H14N4O2S. The van der Waals surface area contributed by atoms with Crippen LogP contribution in [0, 0.1) is 6.92 Å². The highest BCUT2D eigenvalue weighted by atomic mass is 32.2. The van der Waals surface area contributed by atoms with Crippen LogP contribution in [0.5, 0.6) is 0 Å². The lowest BCUT2D eigenvalue weighted by Gasteiger charge is -2.07. The molecule has 0 aliphatic heterocycles. The fourth-order valence-corrected chi connectivity index (χ4v) is 2.12. The lowest BCUT2D eigenvalue weighted by molar-refractivity contribution is 0.602. The summed E-state index contributed by atoms with van der Waals surface area (Å²) in [6.07, 6.45) is 2.76. The van der Waals surface area contributed by atoms with Crippen LogP contribution in [0.2, 0.25) is 0 Å². The smallest absolute Gasteiger partial charge is 0.229 e. The highest BCUT2D eigenvalue weighted by Gasteiger charge is 2.08. The highest BCUT2D eigenvalue weighted by molar-refractivity contribution is 7.90. The average molecular weight is 278 g/mol. The van der Waals surface area contributed by atoms with Crippen LogP contribution >= 0.6 is 0 Å². The first kappa shape index (κ1) is 13.3. The molecule has 0 saturated carbocycles. The minimum absolute atomic E-state index is 0.234. The van der Waals surface area contributed by atoms with Crippen LogP contribution in [0.25, 0.3) is 0 Å². The first-order chi connectivity index (χ1) is 8.86. The Kier molecular flexibility index (Phi) is 3.39. The molecule has 0 amide bonds. The molecule has 6 nitrogen and oxygen atoms in total. The van der Waals surface area contributed by atoms with Gasteiger partial charge in [-0.1, -0.05) is 6.07 Å². The Morgan fingerprint density at radius 2 is 2.05 bits per heavy atom. The van der Waals surface area contributed by atoms with Crippen molar-refractivity contribution in [1.82, 2.24) is 9.97 Å². The number of nitrogens with one attached hydrogen (secondary N) is 1. The molecule has 0 fully saturated rings. The van der Waals surface area contributed by atoms with Gasteiger partial charge in [-0.3, -0.25) is 0 Å². The van der Waals surface area contributed by atoms with Crippen molar-refractivity contribution in [2.75, 3.05) is 17.3 Å². The number of hydrogen-bond donors (Lipinski definition) is 2. The van der Waals surface area contributed by atoms with Crippen molar-refractivity contribution >= 4 is 27.3 Å². The molecule has 0 spiro atoms. The predicted molar refractivity (Wildman–Crippen MR) is 74.0 cm³/mol. The van der Waals surface area contributed by atoms with Gasteiger partial charge in [0.1, 0.15) is 5.82 Å². The number of nitrogens with two attached hydrogens (primary N) is 1. The molecule has 0 radical (unpaired) electrons. The van der Waals surface area contributed by atoms with Gasteiger partial charge in [-0.2, -0.15) is 4.98 Å². The summed E-state index contributed by atoms with van der Waals surface area (Å²) in [5.41, 5.74) is 7.06. The van der Waals surface area contributed by atoms with Gasteiger partial charge < -0.3 is 11.1 Å². The van der Waals surface area contributed by atoms with Crippen LogP contribution < -0.4 is 11.1 Å². The van der Waals surface area contributed by atoms with Crippen LogP contribution in [0.1, 0.15) is 5.56 Å². The zero-order chi connectivity index (χ0) is 14.0. The molecule has 100 valence electrons. The number of aromatic nitrogens is 2. The second-order valence-corrected chi connectivity index (χ2v) is 6.20. The maximum absolute atomic E-state index is 11.5. The van der Waals surface area contributed by atoms with E-state index in [-0.39, 0.29) is 4.90 Å². The maximum atomic E-state index is 11.5. The van der Waals surface area contributed by atoms with Crippen molar-refractivity contribution < 1.29 is 8.42 Å². The van der Waals surface area contributed by atoms with E-state index in [1.807, 2.05) is 6.92 Å². The molecule has 0 saturated heterocycles. The molecule has 7 heteroatoms. The van der Waals surface area contributed by atoms with E-state index in [0.29, 0.717) is 17.5 Å². The molecule has 0 unspecified atom stereocenters. The lowest BCUT2D eigenvalue weighted by Crippen LogP contribution is -2.03. The largest absolute Gasteiger partial charge is 0.383 e. The highest BCUT2D eigenvalue weighted by Crippen LogP contribution is 2.18. The lowest BCUT2D eigenvalue weighted by atomic mass is 10.3. The van der Waals surface area contributed by atoms with E-state index in [1.54, 1.807) is 18.3 Å². The fourth-order valence-electron chi connectivity index (χ4n) is 1.45. The Hall–Kier alpha value is -2.15. The summed E-state index contributed by atoms with van der Waals surface area (Å²) < 4.78 is 22.9. The SMILES string of the molecule is Cc1cnc(Nc2cccc(S(C)(=O)=O)c2)nc1N. The Morgan fingerprint density at radius 3 is 2.68 bits per heavy atom. The normalized spacial score (nSPS) is 11.3. The average Bonchev–Trinajstić information content (AvgIpc) is 2.33. The van der Waals surface area contributed by atoms with Crippen LogP contribution in [-0.4, -0.2) is 24.6 Å². The molecule has 0 aliphatic rings. The van der Waals surface area contributed by atoms with Crippen LogP contribution in [0.15, 0.2) is 35.4 Å². The van der Waals surface area contributed by atoms with E-state index in [9.17, 15) is 8.42 Å². The second-order valence-electron chi connectivity index (χ2n) is 4.19. The Labute approximate surface area is 111 Å². The molecule has 2 rings (SSSR count). The minimum atomic E-state index is -3.24. The summed E-state index contributed by atoms with van der Waals surface area (Å²) in [5.74, 6) is 0.713. The van der Waals surface area contributed by atoms with Gasteiger partial charge in [0.05, 0.1) is 4.90 Å². The van der Waals surface area contributed by atoms with Crippen LogP contribution in [-0.2, 0) is 9.84 Å². The summed E-state index contributed by atoms with van der Waals surface area (Å²) >= 11 is 0. The fraction of sp³-hybridized carbons (Fsp3) is 0.167. The van der Waals surface area contributed by atoms with Crippen molar-refractivity contribution in [3.8, 4) is 0 Å². The number of anilines is 3. The molecule has 1 aromatic heterocycles. The topological polar surface area (TPSA) is 98.0 Å². The number of hydrogen-bond acceptors (Lipinski definition) is 6. The van der Waals surface area contributed by atoms with E-state index in [4.69, 9.17) is 5.73 Å². The zero-order valence-corrected chi connectivity index (χ0v) is 11.4. The van der Waals surface area contributed by atoms with E-state index in [0.717, 1.165) is 11.8 Å². The van der Waals surface area contributed by atoms with Gasteiger partial charge >= 0.3 is 0 Å². The second kappa shape index (κ2) is 4.85. The summed E-state index contributed by atoms with van der Waals surface area (Å²) in [7, 11) is -3.24. The predicted octanol–water partition coefficient (Wildman–Crippen LogP) is 1.51. The van der Waals surface area contributed by atoms with Crippen molar-refractivity contribution in [3.63, 3.8) is 0 Å². The Morgan fingerprint density at radius 1 is 1.32 bits per heavy atom. The maximum Gasteiger partial charge on any atom is 0.229 e. The summed E-state index contributed by atoms with van der Waals surface area (Å²) in [6.45, 7) is 1.81. The van der Waals surface area contributed by atoms with Crippen molar-refractivity contribution in [2.45, 2.75) is 11.8 Å². The summed E-state index contributed by atoms with van der Waals surface area (Å²) in [4.78, 5) is 8.37. The van der Waals surface area contributed by atoms with E-state index in [2.05, 4.69) is 15.3 Å². The first-order valence-electron chi connectivity index (χ1n) is 5.52. The third-order valence-electron chi connectivity index (χ3n) is 2.53. The number of nitrogens with zero attached hydrogens (tertiary/aromatic N) is 2. The van der Waals surface area contributed by atoms with E-state index >= 15 is 0 Å². The van der Waals surface area contributed by atoms with Crippen LogP contribution in [0.4, 0.5) is 17.5 Å². The molecule has 1 heterocycles. The third kappa shape index (κ3) is 3.19. The molecule has 3 N–H and O–H groups in total. The monoisotopic (exact) mass is 278 g/mol. The third-order valence-corrected chi connectivity index (χ3v) is 3.64. The first-order valence-corrected chi connectivity index (χ1v) is 7.41. The number of aryl methyl sites for hydroxylation is 1. The zero-order valence-electron chi connectivity index (χ0n) is 10.6. The van der Waals surface area contributed by atoms with Crippen molar-refractivity contribution in [3.05, 3.63) is 36.0 Å². The van der Waals surface area contributed by atoms with E-state index < -0.39 is 9.84 Å². The van der Waals surface area contributed by atoms with Gasteiger partial charge in [-0.25, -0.2) is 13.4 Å². The molecule has 19 heavy (non-hydrogen) atoms. The van der Waals surface area contributed by atoms with E-state index in [1.165, 1.54) is 12.1 Å². The molecule has 0 aliphatic carbocycles. The van der Waals surface area contributed by atoms with Crippen molar-refractivity contribution in [1.29, 1.82) is 0 Å². The summed E-state index contributed by atoms with van der Waals surface area (Å²) in [5, 5.41) is 2.92. The minimum Gasteiger partial charge on any atom is -0.383 e. The standard InChI is InChI=1S/C12H14N4O2S/c1-8-7-14-12(16-11(8)13)15-9-4-3-5-10(6-9)19(2,17)18/h3-7H,1-2H3,(H3,13,14,15,16). The Balaban J connectivity index is 2.31. The quantitative estimate of drug-likeness (QED) is 0.883. The van der Waals surface area contributed by atoms with Crippen LogP contribution in [0.3, 0.4) is 0 Å². The van der Waals surface area contributed by atoms with Gasteiger partial charge in [0, 0.05) is 23.7 Å². The number of rotatable bonds is 3. The van der Waals surface area contributed by atoms with Crippen molar-refractivity contribution in [2.24, 2.45) is 0 Å². The molecule has 0 bridgehead atoms. The molecule has 2 aromatic rings. The number of benzene rings is 1. The summed E-state index contributed by atoms with van der Waals surface area (Å²) in [6, 6.07) is 6.43. The van der Waals surface area contributed by atoms with Gasteiger partial charge in [0.15, 0.2) is 9.84 Å². The Bertz CT molecular complexity index is 713. The molecule has 0 atom stereocenters. The van der Waals surface area contributed by atoms with Gasteiger partial charge in [-0.05, 0) is 25.1 Å².